The van der Waals surface area contributed by atoms with Gasteiger partial charge in [0.1, 0.15) is 0 Å². The molecule has 0 aromatic rings. The third kappa shape index (κ3) is 5.58. The zero-order chi connectivity index (χ0) is 10.8. The van der Waals surface area contributed by atoms with E-state index in [-0.39, 0.29) is 12.9 Å². The van der Waals surface area contributed by atoms with Crippen LogP contribution in [0.3, 0.4) is 0 Å². The van der Waals surface area contributed by atoms with Gasteiger partial charge in [0.05, 0.1) is 0 Å². The quantitative estimate of drug-likeness (QED) is 0.585. The Bertz CT molecular complexity index is 111. The molecule has 1 N–H and O–H groups in total. The SMILES string of the molecule is CCOC(OCC)C(CC)CCCO. The third-order valence-corrected chi connectivity index (χ3v) is 2.30. The van der Waals surface area contributed by atoms with E-state index in [2.05, 4.69) is 6.92 Å². The summed E-state index contributed by atoms with van der Waals surface area (Å²) in [5, 5.41) is 8.77. The standard InChI is InChI=1S/C11H24O3/c1-4-10(8-7-9-12)11(13-5-2)14-6-3/h10-12H,4-9H2,1-3H3. The maximum Gasteiger partial charge on any atom is 0.160 e. The number of ether oxygens (including phenoxy) is 2. The van der Waals surface area contributed by atoms with E-state index in [0.717, 1.165) is 19.3 Å². The van der Waals surface area contributed by atoms with Gasteiger partial charge in [-0.1, -0.05) is 6.92 Å². The van der Waals surface area contributed by atoms with E-state index in [4.69, 9.17) is 14.6 Å². The van der Waals surface area contributed by atoms with Gasteiger partial charge in [0.15, 0.2) is 6.29 Å². The molecule has 0 spiro atoms. The zero-order valence-corrected chi connectivity index (χ0v) is 9.66. The number of aliphatic hydroxyl groups excluding tert-OH is 1. The van der Waals surface area contributed by atoms with Crippen LogP contribution >= 0.6 is 0 Å². The number of aliphatic hydroxyl groups is 1. The molecule has 0 radical (unpaired) electrons. The van der Waals surface area contributed by atoms with Crippen molar-refractivity contribution in [3.63, 3.8) is 0 Å². The Morgan fingerprint density at radius 2 is 1.64 bits per heavy atom. The molecule has 0 aliphatic carbocycles. The van der Waals surface area contributed by atoms with E-state index in [1.165, 1.54) is 0 Å². The highest BCUT2D eigenvalue weighted by Crippen LogP contribution is 2.19. The molecule has 14 heavy (non-hydrogen) atoms. The number of hydrogen-bond donors (Lipinski definition) is 1. The van der Waals surface area contributed by atoms with Crippen molar-refractivity contribution in [3.8, 4) is 0 Å². The Morgan fingerprint density at radius 3 is 2.00 bits per heavy atom. The highest BCUT2D eigenvalue weighted by molar-refractivity contribution is 4.61. The molecule has 3 heteroatoms. The molecule has 86 valence electrons. The first-order valence-corrected chi connectivity index (χ1v) is 5.64. The minimum atomic E-state index is -0.0958. The van der Waals surface area contributed by atoms with Crippen LogP contribution in [0.25, 0.3) is 0 Å². The van der Waals surface area contributed by atoms with Crippen LogP contribution in [0.1, 0.15) is 40.0 Å². The lowest BCUT2D eigenvalue weighted by Crippen LogP contribution is -2.27. The molecule has 0 amide bonds. The first-order chi connectivity index (χ1) is 6.79. The second kappa shape index (κ2) is 9.44. The summed E-state index contributed by atoms with van der Waals surface area (Å²) in [6.07, 6.45) is 2.74. The maximum absolute atomic E-state index is 8.77. The summed E-state index contributed by atoms with van der Waals surface area (Å²) in [5.74, 6) is 0.405. The minimum absolute atomic E-state index is 0.0958. The van der Waals surface area contributed by atoms with Gasteiger partial charge in [0, 0.05) is 25.7 Å². The molecule has 1 atom stereocenters. The average Bonchev–Trinajstić information content (AvgIpc) is 2.19. The second-order valence-corrected chi connectivity index (χ2v) is 3.31. The topological polar surface area (TPSA) is 38.7 Å². The summed E-state index contributed by atoms with van der Waals surface area (Å²) < 4.78 is 11.1. The first-order valence-electron chi connectivity index (χ1n) is 5.64. The predicted octanol–water partition coefficient (Wildman–Crippen LogP) is 2.18. The van der Waals surface area contributed by atoms with Crippen molar-refractivity contribution in [1.82, 2.24) is 0 Å². The van der Waals surface area contributed by atoms with Gasteiger partial charge in [0.2, 0.25) is 0 Å². The molecule has 0 saturated heterocycles. The van der Waals surface area contributed by atoms with Crippen LogP contribution in [-0.2, 0) is 9.47 Å². The van der Waals surface area contributed by atoms with Gasteiger partial charge in [-0.05, 0) is 33.1 Å². The molecular formula is C11H24O3. The van der Waals surface area contributed by atoms with E-state index >= 15 is 0 Å². The second-order valence-electron chi connectivity index (χ2n) is 3.31. The number of hydrogen-bond acceptors (Lipinski definition) is 3. The summed E-state index contributed by atoms with van der Waals surface area (Å²) in [4.78, 5) is 0. The van der Waals surface area contributed by atoms with Gasteiger partial charge in [-0.15, -0.1) is 0 Å². The summed E-state index contributed by atoms with van der Waals surface area (Å²) in [5.41, 5.74) is 0. The molecule has 1 unspecified atom stereocenters. The normalized spacial score (nSPS) is 13.5. The molecule has 0 fully saturated rings. The first kappa shape index (κ1) is 13.9. The van der Waals surface area contributed by atoms with Gasteiger partial charge in [-0.2, -0.15) is 0 Å². The van der Waals surface area contributed by atoms with Crippen LogP contribution < -0.4 is 0 Å². The maximum atomic E-state index is 8.77. The van der Waals surface area contributed by atoms with Crippen LogP contribution in [0.5, 0.6) is 0 Å². The van der Waals surface area contributed by atoms with E-state index in [0.29, 0.717) is 19.1 Å². The molecule has 0 heterocycles. The van der Waals surface area contributed by atoms with Gasteiger partial charge in [0.25, 0.3) is 0 Å². The van der Waals surface area contributed by atoms with Crippen LogP contribution in [0.15, 0.2) is 0 Å². The van der Waals surface area contributed by atoms with E-state index in [9.17, 15) is 0 Å². The van der Waals surface area contributed by atoms with Gasteiger partial charge in [-0.25, -0.2) is 0 Å². The van der Waals surface area contributed by atoms with Crippen LogP contribution in [0, 0.1) is 5.92 Å². The van der Waals surface area contributed by atoms with Crippen molar-refractivity contribution in [2.24, 2.45) is 5.92 Å². The summed E-state index contributed by atoms with van der Waals surface area (Å²) in [7, 11) is 0. The van der Waals surface area contributed by atoms with Crippen molar-refractivity contribution in [3.05, 3.63) is 0 Å². The smallest absolute Gasteiger partial charge is 0.160 e. The van der Waals surface area contributed by atoms with Crippen molar-refractivity contribution in [2.45, 2.75) is 46.3 Å². The lowest BCUT2D eigenvalue weighted by molar-refractivity contribution is -0.169. The predicted molar refractivity (Wildman–Crippen MR) is 57.1 cm³/mol. The fourth-order valence-corrected chi connectivity index (χ4v) is 1.53. The summed E-state index contributed by atoms with van der Waals surface area (Å²) in [6, 6.07) is 0. The van der Waals surface area contributed by atoms with Gasteiger partial charge >= 0.3 is 0 Å². The Hall–Kier alpha value is -0.120. The summed E-state index contributed by atoms with van der Waals surface area (Å²) >= 11 is 0. The highest BCUT2D eigenvalue weighted by atomic mass is 16.7. The van der Waals surface area contributed by atoms with E-state index < -0.39 is 0 Å². The lowest BCUT2D eigenvalue weighted by Gasteiger charge is -2.25. The molecule has 0 saturated carbocycles. The van der Waals surface area contributed by atoms with Crippen molar-refractivity contribution < 1.29 is 14.6 Å². The van der Waals surface area contributed by atoms with E-state index in [1.807, 2.05) is 13.8 Å². The van der Waals surface area contributed by atoms with Crippen LogP contribution in [0.4, 0.5) is 0 Å². The molecule has 3 nitrogen and oxygen atoms in total. The fraction of sp³-hybridized carbons (Fsp3) is 1.00. The van der Waals surface area contributed by atoms with Gasteiger partial charge < -0.3 is 14.6 Å². The van der Waals surface area contributed by atoms with E-state index in [1.54, 1.807) is 0 Å². The fourth-order valence-electron chi connectivity index (χ4n) is 1.53. The monoisotopic (exact) mass is 204 g/mol. The molecule has 0 aliphatic rings. The average molecular weight is 204 g/mol. The Kier molecular flexibility index (Phi) is 9.35. The van der Waals surface area contributed by atoms with Crippen molar-refractivity contribution in [1.29, 1.82) is 0 Å². The largest absolute Gasteiger partial charge is 0.396 e. The third-order valence-electron chi connectivity index (χ3n) is 2.30. The Labute approximate surface area is 87.4 Å². The molecule has 0 aromatic carbocycles. The van der Waals surface area contributed by atoms with Crippen molar-refractivity contribution >= 4 is 0 Å². The Morgan fingerprint density at radius 1 is 1.07 bits per heavy atom. The zero-order valence-electron chi connectivity index (χ0n) is 9.66. The van der Waals surface area contributed by atoms with Gasteiger partial charge in [-0.3, -0.25) is 0 Å². The molecule has 0 rings (SSSR count). The molecule has 0 aliphatic heterocycles. The van der Waals surface area contributed by atoms with Crippen molar-refractivity contribution in [2.75, 3.05) is 19.8 Å². The summed E-state index contributed by atoms with van der Waals surface area (Å²) in [6.45, 7) is 7.70. The highest BCUT2D eigenvalue weighted by Gasteiger charge is 2.19. The Balaban J connectivity index is 3.96. The number of rotatable bonds is 9. The van der Waals surface area contributed by atoms with Crippen LogP contribution in [0.2, 0.25) is 0 Å². The molecule has 0 bridgehead atoms. The molecular weight excluding hydrogens is 180 g/mol. The minimum Gasteiger partial charge on any atom is -0.396 e. The molecule has 0 aromatic heterocycles. The lowest BCUT2D eigenvalue weighted by atomic mass is 10.00. The van der Waals surface area contributed by atoms with Crippen LogP contribution in [-0.4, -0.2) is 31.2 Å².